The highest BCUT2D eigenvalue weighted by atomic mass is 16.1. The van der Waals surface area contributed by atoms with Gasteiger partial charge in [-0.2, -0.15) is 0 Å². The van der Waals surface area contributed by atoms with Crippen LogP contribution in [-0.4, -0.2) is 6.29 Å². The lowest BCUT2D eigenvalue weighted by Crippen LogP contribution is -1.65. The Morgan fingerprint density at radius 3 is 1.56 bits per heavy atom. The van der Waals surface area contributed by atoms with Crippen LogP contribution in [0.4, 0.5) is 0 Å². The Morgan fingerprint density at radius 1 is 1.33 bits per heavy atom. The van der Waals surface area contributed by atoms with Gasteiger partial charge in [0.15, 0.2) is 0 Å². The molecule has 0 radical (unpaired) electrons. The van der Waals surface area contributed by atoms with Crippen LogP contribution in [0.25, 0.3) is 0 Å². The third-order valence-corrected chi connectivity index (χ3v) is 0.535. The molecule has 52 valence electrons. The molecule has 0 aliphatic rings. The molecule has 0 heterocycles. The van der Waals surface area contributed by atoms with Crippen LogP contribution >= 0.6 is 0 Å². The van der Waals surface area contributed by atoms with Crippen molar-refractivity contribution in [1.82, 2.24) is 0 Å². The lowest BCUT2D eigenvalue weighted by molar-refractivity contribution is -0.104. The van der Waals surface area contributed by atoms with Gasteiger partial charge in [0.1, 0.15) is 6.29 Å². The number of carbonyl (C=O) groups is 1. The van der Waals surface area contributed by atoms with Crippen molar-refractivity contribution in [2.45, 2.75) is 20.8 Å². The SMILES string of the molecule is C=C(C)C=O.CC=CC. The molecular formula is C8H14O. The van der Waals surface area contributed by atoms with Crippen molar-refractivity contribution in [3.63, 3.8) is 0 Å². The summed E-state index contributed by atoms with van der Waals surface area (Å²) in [4.78, 5) is 9.41. The zero-order valence-corrected chi connectivity index (χ0v) is 6.35. The van der Waals surface area contributed by atoms with Gasteiger partial charge in [-0.1, -0.05) is 18.7 Å². The maximum Gasteiger partial charge on any atom is 0.145 e. The molecule has 9 heavy (non-hydrogen) atoms. The van der Waals surface area contributed by atoms with Crippen LogP contribution in [0, 0.1) is 0 Å². The molecule has 0 fully saturated rings. The minimum atomic E-state index is 0.574. The zero-order chi connectivity index (χ0) is 7.70. The first kappa shape index (κ1) is 11.0. The Hall–Kier alpha value is -0.850. The van der Waals surface area contributed by atoms with E-state index < -0.39 is 0 Å². The number of hydrogen-bond acceptors (Lipinski definition) is 1. The molecule has 0 aromatic rings. The first-order chi connectivity index (χ1) is 4.18. The molecule has 0 saturated carbocycles. The summed E-state index contributed by atoms with van der Waals surface area (Å²) in [6.07, 6.45) is 4.72. The van der Waals surface area contributed by atoms with Crippen LogP contribution < -0.4 is 0 Å². The average Bonchev–Trinajstić information content (AvgIpc) is 1.89. The Kier molecular flexibility index (Phi) is 12.5. The van der Waals surface area contributed by atoms with Crippen molar-refractivity contribution in [1.29, 1.82) is 0 Å². The zero-order valence-electron chi connectivity index (χ0n) is 6.35. The summed E-state index contributed by atoms with van der Waals surface area (Å²) in [5, 5.41) is 0. The predicted octanol–water partition coefficient (Wildman–Crippen LogP) is 2.34. The van der Waals surface area contributed by atoms with E-state index in [-0.39, 0.29) is 0 Å². The van der Waals surface area contributed by atoms with Gasteiger partial charge in [-0.25, -0.2) is 0 Å². The molecule has 0 aliphatic heterocycles. The van der Waals surface area contributed by atoms with Gasteiger partial charge >= 0.3 is 0 Å². The lowest BCUT2D eigenvalue weighted by Gasteiger charge is -1.65. The van der Waals surface area contributed by atoms with Gasteiger partial charge in [-0.15, -0.1) is 0 Å². The molecule has 0 aliphatic carbocycles. The highest BCUT2D eigenvalue weighted by Gasteiger charge is 1.66. The van der Waals surface area contributed by atoms with Crippen molar-refractivity contribution in [3.8, 4) is 0 Å². The molecule has 0 bridgehead atoms. The number of rotatable bonds is 1. The fourth-order valence-corrected chi connectivity index (χ4v) is 0. The summed E-state index contributed by atoms with van der Waals surface area (Å²) in [6.45, 7) is 8.97. The van der Waals surface area contributed by atoms with Gasteiger partial charge in [0, 0.05) is 0 Å². The number of carbonyl (C=O) groups excluding carboxylic acids is 1. The fourth-order valence-electron chi connectivity index (χ4n) is 0. The van der Waals surface area contributed by atoms with Crippen LogP contribution in [0.15, 0.2) is 24.3 Å². The summed E-state index contributed by atoms with van der Waals surface area (Å²) in [5.74, 6) is 0. The molecule has 0 unspecified atom stereocenters. The van der Waals surface area contributed by atoms with Crippen molar-refractivity contribution < 1.29 is 4.79 Å². The summed E-state index contributed by atoms with van der Waals surface area (Å²) >= 11 is 0. The normalized spacial score (nSPS) is 7.89. The quantitative estimate of drug-likeness (QED) is 0.299. The van der Waals surface area contributed by atoms with E-state index in [0.717, 1.165) is 6.29 Å². The third kappa shape index (κ3) is 41.0. The van der Waals surface area contributed by atoms with E-state index >= 15 is 0 Å². The molecule has 0 N–H and O–H groups in total. The molecule has 0 aromatic heterocycles. The Balaban J connectivity index is 0. The van der Waals surface area contributed by atoms with Crippen LogP contribution in [-0.2, 0) is 4.79 Å². The molecular weight excluding hydrogens is 112 g/mol. The molecule has 0 saturated heterocycles. The minimum absolute atomic E-state index is 0.574. The van der Waals surface area contributed by atoms with E-state index in [1.165, 1.54) is 0 Å². The Bertz CT molecular complexity index is 97.1. The topological polar surface area (TPSA) is 17.1 Å². The molecule has 0 aromatic carbocycles. The summed E-state index contributed by atoms with van der Waals surface area (Å²) in [7, 11) is 0. The van der Waals surface area contributed by atoms with E-state index in [1.54, 1.807) is 6.92 Å². The maximum atomic E-state index is 9.41. The van der Waals surface area contributed by atoms with E-state index in [9.17, 15) is 4.79 Å². The number of allylic oxidation sites excluding steroid dienone is 3. The fraction of sp³-hybridized carbons (Fsp3) is 0.375. The summed E-state index contributed by atoms with van der Waals surface area (Å²) in [5.41, 5.74) is 0.574. The molecule has 0 amide bonds. The molecule has 0 rings (SSSR count). The lowest BCUT2D eigenvalue weighted by atomic mass is 10.4. The maximum absolute atomic E-state index is 9.41. The Morgan fingerprint density at radius 2 is 1.56 bits per heavy atom. The van der Waals surface area contributed by atoms with Crippen LogP contribution in [0.2, 0.25) is 0 Å². The largest absolute Gasteiger partial charge is 0.298 e. The van der Waals surface area contributed by atoms with Gasteiger partial charge in [0.2, 0.25) is 0 Å². The number of aldehydes is 1. The molecule has 1 nitrogen and oxygen atoms in total. The predicted molar refractivity (Wildman–Crippen MR) is 41.4 cm³/mol. The monoisotopic (exact) mass is 126 g/mol. The minimum Gasteiger partial charge on any atom is -0.298 e. The van der Waals surface area contributed by atoms with Gasteiger partial charge in [0.25, 0.3) is 0 Å². The molecule has 0 atom stereocenters. The number of hydrogen-bond donors (Lipinski definition) is 0. The second kappa shape index (κ2) is 10.2. The van der Waals surface area contributed by atoms with Crippen LogP contribution in [0.3, 0.4) is 0 Å². The van der Waals surface area contributed by atoms with Crippen molar-refractivity contribution >= 4 is 6.29 Å². The highest BCUT2D eigenvalue weighted by molar-refractivity contribution is 5.70. The third-order valence-electron chi connectivity index (χ3n) is 0.535. The Labute approximate surface area is 57.1 Å². The van der Waals surface area contributed by atoms with E-state index in [1.807, 2.05) is 26.0 Å². The van der Waals surface area contributed by atoms with Gasteiger partial charge in [-0.05, 0) is 26.3 Å². The second-order valence-corrected chi connectivity index (χ2v) is 1.63. The van der Waals surface area contributed by atoms with Crippen LogP contribution in [0.1, 0.15) is 20.8 Å². The van der Waals surface area contributed by atoms with Gasteiger partial charge < -0.3 is 0 Å². The van der Waals surface area contributed by atoms with Crippen molar-refractivity contribution in [2.75, 3.05) is 0 Å². The van der Waals surface area contributed by atoms with Crippen molar-refractivity contribution in [2.24, 2.45) is 0 Å². The summed E-state index contributed by atoms with van der Waals surface area (Å²) in [6, 6.07) is 0. The van der Waals surface area contributed by atoms with E-state index in [0.29, 0.717) is 5.57 Å². The van der Waals surface area contributed by atoms with E-state index in [4.69, 9.17) is 0 Å². The first-order valence-corrected chi connectivity index (χ1v) is 2.87. The summed E-state index contributed by atoms with van der Waals surface area (Å²) < 4.78 is 0. The second-order valence-electron chi connectivity index (χ2n) is 1.63. The average molecular weight is 126 g/mol. The van der Waals surface area contributed by atoms with Gasteiger partial charge in [-0.3, -0.25) is 4.79 Å². The van der Waals surface area contributed by atoms with Crippen molar-refractivity contribution in [3.05, 3.63) is 24.3 Å². The molecule has 0 spiro atoms. The molecule has 1 heteroatoms. The van der Waals surface area contributed by atoms with Gasteiger partial charge in [0.05, 0.1) is 0 Å². The first-order valence-electron chi connectivity index (χ1n) is 2.87. The van der Waals surface area contributed by atoms with E-state index in [2.05, 4.69) is 6.58 Å². The standard InChI is InChI=1S/C4H6O.C4H8/c1-4(2)3-5;1-3-4-2/h3H,1H2,2H3;3-4H,1-2H3. The smallest absolute Gasteiger partial charge is 0.145 e. The van der Waals surface area contributed by atoms with Crippen LogP contribution in [0.5, 0.6) is 0 Å². The highest BCUT2D eigenvalue weighted by Crippen LogP contribution is 1.70.